The summed E-state index contributed by atoms with van der Waals surface area (Å²) in [5.41, 5.74) is 17.1. The van der Waals surface area contributed by atoms with Crippen LogP contribution in [0.1, 0.15) is 31.2 Å². The van der Waals surface area contributed by atoms with Crippen LogP contribution in [0.25, 0.3) is 0 Å². The van der Waals surface area contributed by atoms with Crippen LogP contribution >= 0.6 is 12.6 Å². The fourth-order valence-corrected chi connectivity index (χ4v) is 3.37. The molecule has 0 aliphatic heterocycles. The molecule has 1 aromatic carbocycles. The first-order chi connectivity index (χ1) is 16.6. The summed E-state index contributed by atoms with van der Waals surface area (Å²) >= 11 is 4.06. The Morgan fingerprint density at radius 3 is 2.00 bits per heavy atom. The molecule has 35 heavy (non-hydrogen) atoms. The van der Waals surface area contributed by atoms with E-state index in [0.29, 0.717) is 31.4 Å². The number of unbranched alkanes of at least 4 members (excludes halogenated alkanes) is 1. The van der Waals surface area contributed by atoms with Gasteiger partial charge in [0.1, 0.15) is 18.1 Å². The molecule has 0 saturated heterocycles. The zero-order chi connectivity index (χ0) is 26.4. The molecule has 0 aliphatic rings. The third kappa shape index (κ3) is 11.2. The number of benzene rings is 1. The number of carbonyl (C=O) groups is 5. The zero-order valence-electron chi connectivity index (χ0n) is 19.3. The predicted molar refractivity (Wildman–Crippen MR) is 132 cm³/mol. The Labute approximate surface area is 209 Å². The van der Waals surface area contributed by atoms with Crippen LogP contribution in [0.4, 0.5) is 0 Å². The van der Waals surface area contributed by atoms with Crippen molar-refractivity contribution in [3.05, 3.63) is 35.9 Å². The minimum Gasteiger partial charge on any atom is -0.480 e. The van der Waals surface area contributed by atoms with Gasteiger partial charge in [0.2, 0.25) is 23.6 Å². The number of hydrogen-bond donors (Lipinski definition) is 8. The SMILES string of the molecule is NCCCCC(N)C(=O)NC(CS)C(=O)NC(CC(N)=O)C(=O)NC(Cc1ccccc1)C(=O)O. The molecule has 0 spiro atoms. The summed E-state index contributed by atoms with van der Waals surface area (Å²) in [5.74, 6) is -4.61. The maximum absolute atomic E-state index is 12.8. The highest BCUT2D eigenvalue weighted by atomic mass is 32.1. The van der Waals surface area contributed by atoms with Gasteiger partial charge in [0.15, 0.2) is 0 Å². The number of nitrogens with two attached hydrogens (primary N) is 3. The van der Waals surface area contributed by atoms with Crippen molar-refractivity contribution in [2.24, 2.45) is 17.2 Å². The number of hydrogen-bond acceptors (Lipinski definition) is 8. The van der Waals surface area contributed by atoms with Gasteiger partial charge in [-0.05, 0) is 24.9 Å². The number of carboxylic acid groups (broad SMARTS) is 1. The first kappa shape index (κ1) is 29.9. The van der Waals surface area contributed by atoms with Crippen molar-refractivity contribution in [3.63, 3.8) is 0 Å². The Hall–Kier alpha value is -3.16. The summed E-state index contributed by atoms with van der Waals surface area (Å²) in [5, 5.41) is 16.6. The fraction of sp³-hybridized carbons (Fsp3) is 0.500. The van der Waals surface area contributed by atoms with Gasteiger partial charge in [-0.25, -0.2) is 4.79 Å². The smallest absolute Gasteiger partial charge is 0.326 e. The summed E-state index contributed by atoms with van der Waals surface area (Å²) in [4.78, 5) is 61.0. The van der Waals surface area contributed by atoms with Gasteiger partial charge in [-0.1, -0.05) is 36.8 Å². The van der Waals surface area contributed by atoms with Gasteiger partial charge < -0.3 is 38.3 Å². The van der Waals surface area contributed by atoms with E-state index in [1.54, 1.807) is 30.3 Å². The van der Waals surface area contributed by atoms with Crippen molar-refractivity contribution in [3.8, 4) is 0 Å². The minimum atomic E-state index is -1.46. The van der Waals surface area contributed by atoms with E-state index in [1.807, 2.05) is 0 Å². The van der Waals surface area contributed by atoms with Gasteiger partial charge >= 0.3 is 5.97 Å². The van der Waals surface area contributed by atoms with E-state index in [1.165, 1.54) is 0 Å². The van der Waals surface area contributed by atoms with Crippen molar-refractivity contribution < 1.29 is 29.1 Å². The van der Waals surface area contributed by atoms with Crippen LogP contribution in [0.3, 0.4) is 0 Å². The third-order valence-electron chi connectivity index (χ3n) is 5.06. The van der Waals surface area contributed by atoms with E-state index in [9.17, 15) is 29.1 Å². The molecule has 13 heteroatoms. The van der Waals surface area contributed by atoms with Crippen LogP contribution < -0.4 is 33.2 Å². The van der Waals surface area contributed by atoms with Crippen LogP contribution in [0.2, 0.25) is 0 Å². The monoisotopic (exact) mass is 510 g/mol. The average Bonchev–Trinajstić information content (AvgIpc) is 2.81. The lowest BCUT2D eigenvalue weighted by atomic mass is 10.0. The van der Waals surface area contributed by atoms with Crippen molar-refractivity contribution in [2.75, 3.05) is 12.3 Å². The average molecular weight is 511 g/mol. The van der Waals surface area contributed by atoms with Gasteiger partial charge in [0.25, 0.3) is 0 Å². The second kappa shape index (κ2) is 15.7. The van der Waals surface area contributed by atoms with Gasteiger partial charge in [0.05, 0.1) is 12.5 Å². The van der Waals surface area contributed by atoms with Crippen LogP contribution in [-0.4, -0.2) is 71.2 Å². The van der Waals surface area contributed by atoms with Crippen molar-refractivity contribution in [1.29, 1.82) is 0 Å². The molecule has 194 valence electrons. The number of thiol groups is 1. The first-order valence-corrected chi connectivity index (χ1v) is 11.7. The molecule has 0 radical (unpaired) electrons. The lowest BCUT2D eigenvalue weighted by Gasteiger charge is -2.24. The maximum Gasteiger partial charge on any atom is 0.326 e. The van der Waals surface area contributed by atoms with Gasteiger partial charge in [-0.2, -0.15) is 12.6 Å². The number of carbonyl (C=O) groups excluding carboxylic acids is 4. The van der Waals surface area contributed by atoms with Crippen LogP contribution in [-0.2, 0) is 30.4 Å². The largest absolute Gasteiger partial charge is 0.480 e. The predicted octanol–water partition coefficient (Wildman–Crippen LogP) is -1.97. The van der Waals surface area contributed by atoms with Crippen LogP contribution in [0.5, 0.6) is 0 Å². The number of rotatable bonds is 16. The Kier molecular flexibility index (Phi) is 13.4. The van der Waals surface area contributed by atoms with Gasteiger partial charge in [-0.15, -0.1) is 0 Å². The highest BCUT2D eigenvalue weighted by Gasteiger charge is 2.30. The van der Waals surface area contributed by atoms with E-state index in [0.717, 1.165) is 0 Å². The summed E-state index contributed by atoms with van der Waals surface area (Å²) in [6, 6.07) is 3.81. The molecule has 12 nitrogen and oxygen atoms in total. The summed E-state index contributed by atoms with van der Waals surface area (Å²) < 4.78 is 0. The molecular weight excluding hydrogens is 476 g/mol. The van der Waals surface area contributed by atoms with Gasteiger partial charge in [0, 0.05) is 12.2 Å². The second-order valence-electron chi connectivity index (χ2n) is 7.96. The number of primary amides is 1. The number of carboxylic acids is 1. The molecule has 0 aromatic heterocycles. The van der Waals surface area contributed by atoms with E-state index >= 15 is 0 Å². The normalized spacial score (nSPS) is 14.1. The molecule has 0 aliphatic carbocycles. The highest BCUT2D eigenvalue weighted by Crippen LogP contribution is 2.05. The molecule has 10 N–H and O–H groups in total. The molecule has 0 saturated carbocycles. The van der Waals surface area contributed by atoms with E-state index in [-0.39, 0.29) is 12.2 Å². The quantitative estimate of drug-likeness (QED) is 0.0918. The Morgan fingerprint density at radius 2 is 1.46 bits per heavy atom. The molecule has 4 amide bonds. The lowest BCUT2D eigenvalue weighted by Crippen LogP contribution is -2.58. The molecule has 0 bridgehead atoms. The fourth-order valence-electron chi connectivity index (χ4n) is 3.12. The lowest BCUT2D eigenvalue weighted by molar-refractivity contribution is -0.142. The molecule has 1 rings (SSSR count). The zero-order valence-corrected chi connectivity index (χ0v) is 20.2. The minimum absolute atomic E-state index is 0.0173. The third-order valence-corrected chi connectivity index (χ3v) is 5.42. The standard InChI is InChI=1S/C22H34N6O6S/c23-9-5-4-8-14(24)19(30)28-17(12-35)21(32)26-15(11-18(25)29)20(31)27-16(22(33)34)10-13-6-2-1-3-7-13/h1-3,6-7,14-17,35H,4-5,8-12,23-24H2,(H2,25,29)(H,26,32)(H,27,31)(H,28,30)(H,33,34). The summed E-state index contributed by atoms with van der Waals surface area (Å²) in [6.07, 6.45) is 1.10. The maximum atomic E-state index is 12.8. The molecular formula is C22H34N6O6S. The van der Waals surface area contributed by atoms with Crippen molar-refractivity contribution in [2.45, 2.75) is 56.3 Å². The molecule has 0 fully saturated rings. The topological polar surface area (TPSA) is 220 Å². The number of aliphatic carboxylic acids is 1. The molecule has 4 unspecified atom stereocenters. The Morgan fingerprint density at radius 1 is 0.886 bits per heavy atom. The van der Waals surface area contributed by atoms with Crippen molar-refractivity contribution >= 4 is 42.2 Å². The molecule has 1 aromatic rings. The van der Waals surface area contributed by atoms with Crippen LogP contribution in [0.15, 0.2) is 30.3 Å². The van der Waals surface area contributed by atoms with Crippen molar-refractivity contribution in [1.82, 2.24) is 16.0 Å². The molecule has 4 atom stereocenters. The van der Waals surface area contributed by atoms with Gasteiger partial charge in [-0.3, -0.25) is 19.2 Å². The Balaban J connectivity index is 2.85. The Bertz CT molecular complexity index is 871. The summed E-state index contributed by atoms with van der Waals surface area (Å²) in [7, 11) is 0. The highest BCUT2D eigenvalue weighted by molar-refractivity contribution is 7.80. The second-order valence-corrected chi connectivity index (χ2v) is 8.32. The number of nitrogens with one attached hydrogen (secondary N) is 3. The van der Waals surface area contributed by atoms with E-state index in [2.05, 4.69) is 28.6 Å². The van der Waals surface area contributed by atoms with E-state index < -0.39 is 60.2 Å². The molecule has 0 heterocycles. The number of amides is 4. The summed E-state index contributed by atoms with van der Waals surface area (Å²) in [6.45, 7) is 0.466. The first-order valence-electron chi connectivity index (χ1n) is 11.1. The van der Waals surface area contributed by atoms with E-state index in [4.69, 9.17) is 17.2 Å². The van der Waals surface area contributed by atoms with Crippen LogP contribution in [0, 0.1) is 0 Å².